The number of aromatic nitrogens is 2. The summed E-state index contributed by atoms with van der Waals surface area (Å²) in [6.45, 7) is 2.86. The molecule has 3 heteroatoms. The number of ether oxygens (including phenoxy) is 1. The molecule has 1 saturated carbocycles. The van der Waals surface area contributed by atoms with E-state index in [0.29, 0.717) is 0 Å². The number of nitrogens with zero attached hydrogens (tertiary/aromatic N) is 1. The van der Waals surface area contributed by atoms with Crippen molar-refractivity contribution in [3.8, 4) is 5.75 Å². The fourth-order valence-corrected chi connectivity index (χ4v) is 3.50. The second-order valence-electron chi connectivity index (χ2n) is 6.68. The highest BCUT2D eigenvalue weighted by Gasteiger charge is 2.15. The standard InChI is InChI=1S/C20H28N2O/c1-16-20(22-15-21-16)9-5-6-14-23-19-12-10-18(11-13-19)17-7-3-2-4-8-17/h10-13,15,17H,2-9,14H2,1H3,(H,21,22). The zero-order chi connectivity index (χ0) is 15.9. The van der Waals surface area contributed by atoms with Crippen LogP contribution in [0.5, 0.6) is 5.75 Å². The number of benzene rings is 1. The van der Waals surface area contributed by atoms with Gasteiger partial charge in [-0.2, -0.15) is 0 Å². The number of nitrogens with one attached hydrogen (secondary N) is 1. The minimum Gasteiger partial charge on any atom is -0.494 e. The molecule has 1 fully saturated rings. The summed E-state index contributed by atoms with van der Waals surface area (Å²) in [6.07, 6.45) is 11.9. The predicted molar refractivity (Wildman–Crippen MR) is 94.0 cm³/mol. The summed E-state index contributed by atoms with van der Waals surface area (Å²) in [5.74, 6) is 1.77. The van der Waals surface area contributed by atoms with Crippen LogP contribution in [0.3, 0.4) is 0 Å². The largest absolute Gasteiger partial charge is 0.494 e. The summed E-state index contributed by atoms with van der Waals surface area (Å²) in [6, 6.07) is 8.81. The summed E-state index contributed by atoms with van der Waals surface area (Å²) < 4.78 is 5.87. The molecule has 3 nitrogen and oxygen atoms in total. The van der Waals surface area contributed by atoms with Gasteiger partial charge in [0, 0.05) is 5.69 Å². The Bertz CT molecular complexity index is 582. The number of rotatable bonds is 7. The predicted octanol–water partition coefficient (Wildman–Crippen LogP) is 5.17. The Labute approximate surface area is 139 Å². The third kappa shape index (κ3) is 4.60. The Morgan fingerprint density at radius 2 is 1.87 bits per heavy atom. The van der Waals surface area contributed by atoms with Gasteiger partial charge in [0.1, 0.15) is 5.75 Å². The van der Waals surface area contributed by atoms with E-state index in [0.717, 1.165) is 37.5 Å². The first-order chi connectivity index (χ1) is 11.3. The molecule has 1 heterocycles. The lowest BCUT2D eigenvalue weighted by Gasteiger charge is -2.22. The maximum absolute atomic E-state index is 5.87. The minimum absolute atomic E-state index is 0.773. The zero-order valence-corrected chi connectivity index (χ0v) is 14.2. The van der Waals surface area contributed by atoms with Crippen LogP contribution in [0.15, 0.2) is 30.6 Å². The molecule has 1 N–H and O–H groups in total. The summed E-state index contributed by atoms with van der Waals surface area (Å²) >= 11 is 0. The molecule has 1 aromatic heterocycles. The molecule has 1 aromatic carbocycles. The van der Waals surface area contributed by atoms with Crippen molar-refractivity contribution in [3.05, 3.63) is 47.5 Å². The highest BCUT2D eigenvalue weighted by Crippen LogP contribution is 2.33. The third-order valence-corrected chi connectivity index (χ3v) is 4.97. The number of aromatic amines is 1. The molecule has 0 spiro atoms. The molecule has 1 aliphatic rings. The number of aryl methyl sites for hydroxylation is 2. The molecule has 2 aromatic rings. The van der Waals surface area contributed by atoms with E-state index in [1.807, 2.05) is 0 Å². The van der Waals surface area contributed by atoms with Crippen LogP contribution in [0.25, 0.3) is 0 Å². The van der Waals surface area contributed by atoms with Gasteiger partial charge in [-0.05, 0) is 62.6 Å². The molecule has 124 valence electrons. The van der Waals surface area contributed by atoms with Crippen molar-refractivity contribution >= 4 is 0 Å². The summed E-state index contributed by atoms with van der Waals surface area (Å²) in [4.78, 5) is 7.45. The van der Waals surface area contributed by atoms with Crippen molar-refractivity contribution in [3.63, 3.8) is 0 Å². The molecule has 0 aliphatic heterocycles. The van der Waals surface area contributed by atoms with Crippen LogP contribution in [-0.4, -0.2) is 16.6 Å². The molecule has 23 heavy (non-hydrogen) atoms. The molecule has 0 radical (unpaired) electrons. The van der Waals surface area contributed by atoms with Crippen LogP contribution in [0.1, 0.15) is 67.8 Å². The van der Waals surface area contributed by atoms with Crippen LogP contribution in [0, 0.1) is 6.92 Å². The SMILES string of the molecule is Cc1[nH]cnc1CCCCOc1ccc(C2CCCCC2)cc1. The number of unbranched alkanes of at least 4 members (excludes halogenated alkanes) is 1. The van der Waals surface area contributed by atoms with E-state index in [1.165, 1.54) is 49.1 Å². The Morgan fingerprint density at radius 3 is 2.57 bits per heavy atom. The van der Waals surface area contributed by atoms with Crippen molar-refractivity contribution < 1.29 is 4.74 Å². The molecule has 1 aliphatic carbocycles. The molecule has 0 bridgehead atoms. The smallest absolute Gasteiger partial charge is 0.119 e. The lowest BCUT2D eigenvalue weighted by atomic mass is 9.84. The summed E-state index contributed by atoms with van der Waals surface area (Å²) in [7, 11) is 0. The number of imidazole rings is 1. The molecule has 0 unspecified atom stereocenters. The van der Waals surface area contributed by atoms with Crippen molar-refractivity contribution in [1.82, 2.24) is 9.97 Å². The topological polar surface area (TPSA) is 37.9 Å². The van der Waals surface area contributed by atoms with Gasteiger partial charge >= 0.3 is 0 Å². The van der Waals surface area contributed by atoms with Crippen molar-refractivity contribution in [2.24, 2.45) is 0 Å². The molecular formula is C20H28N2O. The van der Waals surface area contributed by atoms with Crippen LogP contribution >= 0.6 is 0 Å². The fourth-order valence-electron chi connectivity index (χ4n) is 3.50. The van der Waals surface area contributed by atoms with E-state index in [9.17, 15) is 0 Å². The average Bonchev–Trinajstić information content (AvgIpc) is 3.01. The summed E-state index contributed by atoms with van der Waals surface area (Å²) in [5.41, 5.74) is 3.86. The molecular weight excluding hydrogens is 284 g/mol. The first-order valence-corrected chi connectivity index (χ1v) is 9.04. The number of H-pyrrole nitrogens is 1. The number of hydrogen-bond donors (Lipinski definition) is 1. The van der Waals surface area contributed by atoms with E-state index in [1.54, 1.807) is 6.33 Å². The summed E-state index contributed by atoms with van der Waals surface area (Å²) in [5, 5.41) is 0. The van der Waals surface area contributed by atoms with Gasteiger partial charge in [0.2, 0.25) is 0 Å². The Hall–Kier alpha value is -1.77. The van der Waals surface area contributed by atoms with E-state index in [2.05, 4.69) is 41.2 Å². The van der Waals surface area contributed by atoms with Gasteiger partial charge in [-0.25, -0.2) is 4.98 Å². The maximum atomic E-state index is 5.87. The first kappa shape index (κ1) is 16.1. The lowest BCUT2D eigenvalue weighted by molar-refractivity contribution is 0.306. The quantitative estimate of drug-likeness (QED) is 0.716. The van der Waals surface area contributed by atoms with Crippen molar-refractivity contribution in [2.75, 3.05) is 6.61 Å². The highest BCUT2D eigenvalue weighted by molar-refractivity contribution is 5.29. The van der Waals surface area contributed by atoms with E-state index < -0.39 is 0 Å². The highest BCUT2D eigenvalue weighted by atomic mass is 16.5. The Morgan fingerprint density at radius 1 is 1.09 bits per heavy atom. The van der Waals surface area contributed by atoms with E-state index in [4.69, 9.17) is 4.74 Å². The molecule has 0 saturated heterocycles. The zero-order valence-electron chi connectivity index (χ0n) is 14.2. The normalized spacial score (nSPS) is 15.7. The monoisotopic (exact) mass is 312 g/mol. The van der Waals surface area contributed by atoms with E-state index in [-0.39, 0.29) is 0 Å². The van der Waals surface area contributed by atoms with Gasteiger partial charge in [-0.1, -0.05) is 31.4 Å². The fraction of sp³-hybridized carbons (Fsp3) is 0.550. The van der Waals surface area contributed by atoms with Gasteiger partial charge in [0.25, 0.3) is 0 Å². The van der Waals surface area contributed by atoms with Crippen LogP contribution in [0.4, 0.5) is 0 Å². The molecule has 3 rings (SSSR count). The van der Waals surface area contributed by atoms with Gasteiger partial charge in [0.05, 0.1) is 18.6 Å². The van der Waals surface area contributed by atoms with Crippen LogP contribution in [-0.2, 0) is 6.42 Å². The average molecular weight is 312 g/mol. The van der Waals surface area contributed by atoms with Crippen LogP contribution < -0.4 is 4.74 Å². The second-order valence-corrected chi connectivity index (χ2v) is 6.68. The van der Waals surface area contributed by atoms with Crippen LogP contribution in [0.2, 0.25) is 0 Å². The maximum Gasteiger partial charge on any atom is 0.119 e. The van der Waals surface area contributed by atoms with E-state index >= 15 is 0 Å². The Kier molecular flexibility index (Phi) is 5.73. The first-order valence-electron chi connectivity index (χ1n) is 9.04. The van der Waals surface area contributed by atoms with Gasteiger partial charge < -0.3 is 9.72 Å². The lowest BCUT2D eigenvalue weighted by Crippen LogP contribution is -2.04. The Balaban J connectivity index is 1.37. The van der Waals surface area contributed by atoms with Crippen molar-refractivity contribution in [2.45, 2.75) is 64.2 Å². The molecule has 0 amide bonds. The third-order valence-electron chi connectivity index (χ3n) is 4.97. The second kappa shape index (κ2) is 8.19. The van der Waals surface area contributed by atoms with Crippen molar-refractivity contribution in [1.29, 1.82) is 0 Å². The van der Waals surface area contributed by atoms with Gasteiger partial charge in [-0.15, -0.1) is 0 Å². The van der Waals surface area contributed by atoms with Gasteiger partial charge in [0.15, 0.2) is 0 Å². The minimum atomic E-state index is 0.773. The molecule has 0 atom stereocenters. The number of hydrogen-bond acceptors (Lipinski definition) is 2. The van der Waals surface area contributed by atoms with Gasteiger partial charge in [-0.3, -0.25) is 0 Å².